The number of aromatic carboxylic acids is 1. The molecule has 0 saturated heterocycles. The molecule has 1 aromatic carbocycles. The van der Waals surface area contributed by atoms with E-state index in [4.69, 9.17) is 4.74 Å². The highest BCUT2D eigenvalue weighted by atomic mass is 32.2. The van der Waals surface area contributed by atoms with Crippen molar-refractivity contribution in [2.45, 2.75) is 18.7 Å². The van der Waals surface area contributed by atoms with Gasteiger partial charge >= 0.3 is 5.97 Å². The second-order valence-electron chi connectivity index (χ2n) is 5.05. The summed E-state index contributed by atoms with van der Waals surface area (Å²) in [5.74, 6) is -1.06. The van der Waals surface area contributed by atoms with E-state index in [1.165, 1.54) is 24.1 Å². The van der Waals surface area contributed by atoms with Crippen molar-refractivity contribution in [2.75, 3.05) is 11.8 Å². The topological polar surface area (TPSA) is 111 Å². The predicted octanol–water partition coefficient (Wildman–Crippen LogP) is 1.54. The summed E-state index contributed by atoms with van der Waals surface area (Å²) < 4.78 is 33.8. The van der Waals surface area contributed by atoms with Crippen LogP contribution in [0.4, 0.5) is 5.69 Å². The number of carboxylic acid groups (broad SMARTS) is 1. The number of aromatic nitrogens is 2. The Hall–Kier alpha value is -2.55. The van der Waals surface area contributed by atoms with Gasteiger partial charge in [0, 0.05) is 7.05 Å². The van der Waals surface area contributed by atoms with Crippen LogP contribution in [0.2, 0.25) is 0 Å². The summed E-state index contributed by atoms with van der Waals surface area (Å²) in [5.41, 5.74) is 1.22. The van der Waals surface area contributed by atoms with Gasteiger partial charge in [-0.2, -0.15) is 0 Å². The molecule has 0 amide bonds. The van der Waals surface area contributed by atoms with E-state index in [-0.39, 0.29) is 22.0 Å². The molecule has 0 bridgehead atoms. The SMILES string of the molecule is COc1nn(C)cc1NS(=O)(=O)c1cc(C)c(C)c(C(=O)O)c1. The molecule has 9 heteroatoms. The Morgan fingerprint density at radius 3 is 2.57 bits per heavy atom. The van der Waals surface area contributed by atoms with E-state index in [0.29, 0.717) is 11.1 Å². The molecule has 0 radical (unpaired) electrons. The van der Waals surface area contributed by atoms with Gasteiger partial charge in [0.15, 0.2) is 0 Å². The minimum atomic E-state index is -3.97. The average molecular weight is 339 g/mol. The quantitative estimate of drug-likeness (QED) is 0.855. The van der Waals surface area contributed by atoms with Crippen LogP contribution in [-0.4, -0.2) is 36.4 Å². The zero-order valence-corrected chi connectivity index (χ0v) is 13.9. The Morgan fingerprint density at radius 2 is 2.00 bits per heavy atom. The molecule has 23 heavy (non-hydrogen) atoms. The number of carboxylic acids is 1. The number of benzene rings is 1. The summed E-state index contributed by atoms with van der Waals surface area (Å²) in [5, 5.41) is 13.2. The molecule has 124 valence electrons. The fourth-order valence-electron chi connectivity index (χ4n) is 2.10. The number of aryl methyl sites for hydroxylation is 2. The molecule has 0 aliphatic carbocycles. The van der Waals surface area contributed by atoms with Crippen LogP contribution in [-0.2, 0) is 17.1 Å². The van der Waals surface area contributed by atoms with Crippen LogP contribution in [0.25, 0.3) is 0 Å². The zero-order chi connectivity index (χ0) is 17.4. The number of anilines is 1. The maximum Gasteiger partial charge on any atom is 0.336 e. The highest BCUT2D eigenvalue weighted by Crippen LogP contribution is 2.26. The maximum atomic E-state index is 12.5. The number of methoxy groups -OCH3 is 1. The van der Waals surface area contributed by atoms with Gasteiger partial charge in [-0.3, -0.25) is 9.40 Å². The molecule has 1 aromatic heterocycles. The molecule has 0 fully saturated rings. The molecule has 1 heterocycles. The lowest BCUT2D eigenvalue weighted by atomic mass is 10.0. The maximum absolute atomic E-state index is 12.5. The van der Waals surface area contributed by atoms with Crippen LogP contribution in [0.15, 0.2) is 23.2 Å². The van der Waals surface area contributed by atoms with Gasteiger partial charge in [0.1, 0.15) is 5.69 Å². The van der Waals surface area contributed by atoms with E-state index in [0.717, 1.165) is 6.07 Å². The third-order valence-electron chi connectivity index (χ3n) is 3.41. The van der Waals surface area contributed by atoms with E-state index in [9.17, 15) is 18.3 Å². The summed E-state index contributed by atoms with van der Waals surface area (Å²) in [6.07, 6.45) is 1.45. The fraction of sp³-hybridized carbons (Fsp3) is 0.286. The minimum Gasteiger partial charge on any atom is -0.478 e. The van der Waals surface area contributed by atoms with Crippen molar-refractivity contribution in [3.63, 3.8) is 0 Å². The van der Waals surface area contributed by atoms with E-state index < -0.39 is 16.0 Å². The van der Waals surface area contributed by atoms with Gasteiger partial charge in [-0.25, -0.2) is 13.2 Å². The number of hydrogen-bond donors (Lipinski definition) is 2. The van der Waals surface area contributed by atoms with Crippen LogP contribution in [0.5, 0.6) is 5.88 Å². The van der Waals surface area contributed by atoms with Crippen LogP contribution in [0, 0.1) is 13.8 Å². The third kappa shape index (κ3) is 3.29. The number of rotatable bonds is 5. The zero-order valence-electron chi connectivity index (χ0n) is 13.1. The molecule has 0 atom stereocenters. The largest absolute Gasteiger partial charge is 0.478 e. The van der Waals surface area contributed by atoms with E-state index >= 15 is 0 Å². The molecule has 0 unspecified atom stereocenters. The number of carbonyl (C=O) groups is 1. The molecule has 0 saturated carbocycles. The fourth-order valence-corrected chi connectivity index (χ4v) is 3.25. The normalized spacial score (nSPS) is 11.3. The van der Waals surface area contributed by atoms with Crippen molar-refractivity contribution < 1.29 is 23.1 Å². The molecule has 2 N–H and O–H groups in total. The Kier molecular flexibility index (Phi) is 4.33. The second-order valence-corrected chi connectivity index (χ2v) is 6.73. The van der Waals surface area contributed by atoms with Crippen LogP contribution in [0.3, 0.4) is 0 Å². The smallest absolute Gasteiger partial charge is 0.336 e. The second kappa shape index (κ2) is 5.92. The lowest BCUT2D eigenvalue weighted by Gasteiger charge is -2.11. The number of nitrogens with zero attached hydrogens (tertiary/aromatic N) is 2. The number of hydrogen-bond acceptors (Lipinski definition) is 5. The molecule has 2 rings (SSSR count). The Bertz CT molecular complexity index is 871. The first-order valence-corrected chi connectivity index (χ1v) is 8.09. The minimum absolute atomic E-state index is 0.0523. The molecular formula is C14H17N3O5S. The standard InChI is InChI=1S/C14H17N3O5S/c1-8-5-10(6-11(9(8)2)14(18)19)23(20,21)16-12-7-17(3)15-13(12)22-4/h5-7,16H,1-4H3,(H,18,19). The lowest BCUT2D eigenvalue weighted by molar-refractivity contribution is 0.0695. The summed E-state index contributed by atoms with van der Waals surface area (Å²) in [6.45, 7) is 3.29. The van der Waals surface area contributed by atoms with E-state index in [2.05, 4.69) is 9.82 Å². The lowest BCUT2D eigenvalue weighted by Crippen LogP contribution is -2.15. The number of nitrogens with one attached hydrogen (secondary N) is 1. The van der Waals surface area contributed by atoms with Gasteiger partial charge in [0.25, 0.3) is 15.9 Å². The predicted molar refractivity (Wildman–Crippen MR) is 83.4 cm³/mol. The van der Waals surface area contributed by atoms with Crippen LogP contribution in [0.1, 0.15) is 21.5 Å². The Balaban J connectivity index is 2.50. The average Bonchev–Trinajstić information content (AvgIpc) is 2.80. The molecule has 0 spiro atoms. The van der Waals surface area contributed by atoms with E-state index in [1.807, 2.05) is 0 Å². The molecule has 0 aliphatic rings. The van der Waals surface area contributed by atoms with Crippen LogP contribution >= 0.6 is 0 Å². The molecule has 8 nitrogen and oxygen atoms in total. The van der Waals surface area contributed by atoms with Crippen molar-refractivity contribution in [1.29, 1.82) is 0 Å². The summed E-state index contributed by atoms with van der Waals surface area (Å²) in [4.78, 5) is 11.1. The molecule has 0 aliphatic heterocycles. The van der Waals surface area contributed by atoms with Crippen molar-refractivity contribution in [3.8, 4) is 5.88 Å². The van der Waals surface area contributed by atoms with Gasteiger partial charge in [-0.1, -0.05) is 0 Å². The van der Waals surface area contributed by atoms with Crippen molar-refractivity contribution in [1.82, 2.24) is 9.78 Å². The Labute approximate surface area is 133 Å². The van der Waals surface area contributed by atoms with Gasteiger partial charge in [-0.05, 0) is 37.1 Å². The van der Waals surface area contributed by atoms with Gasteiger partial charge < -0.3 is 9.84 Å². The highest BCUT2D eigenvalue weighted by Gasteiger charge is 2.22. The number of ether oxygens (including phenoxy) is 1. The first-order valence-electron chi connectivity index (χ1n) is 6.60. The number of sulfonamides is 1. The van der Waals surface area contributed by atoms with E-state index in [1.54, 1.807) is 20.9 Å². The Morgan fingerprint density at radius 1 is 1.35 bits per heavy atom. The molecular weight excluding hydrogens is 322 g/mol. The van der Waals surface area contributed by atoms with Crippen molar-refractivity contribution in [3.05, 3.63) is 35.0 Å². The van der Waals surface area contributed by atoms with Crippen molar-refractivity contribution in [2.24, 2.45) is 7.05 Å². The van der Waals surface area contributed by atoms with Gasteiger partial charge in [0.05, 0.1) is 23.8 Å². The van der Waals surface area contributed by atoms with Gasteiger partial charge in [-0.15, -0.1) is 5.10 Å². The monoisotopic (exact) mass is 339 g/mol. The summed E-state index contributed by atoms with van der Waals surface area (Å²) in [6, 6.07) is 2.56. The molecule has 2 aromatic rings. The summed E-state index contributed by atoms with van der Waals surface area (Å²) in [7, 11) is -0.977. The third-order valence-corrected chi connectivity index (χ3v) is 4.76. The highest BCUT2D eigenvalue weighted by molar-refractivity contribution is 7.92. The van der Waals surface area contributed by atoms with Gasteiger partial charge in [0.2, 0.25) is 0 Å². The first kappa shape index (κ1) is 16.8. The first-order chi connectivity index (χ1) is 10.7. The van der Waals surface area contributed by atoms with Crippen molar-refractivity contribution >= 4 is 21.7 Å². The summed E-state index contributed by atoms with van der Waals surface area (Å²) >= 11 is 0. The van der Waals surface area contributed by atoms with Crippen LogP contribution < -0.4 is 9.46 Å².